The van der Waals surface area contributed by atoms with Crippen molar-refractivity contribution in [3.8, 4) is 11.5 Å². The minimum atomic E-state index is -0.332. The predicted octanol–water partition coefficient (Wildman–Crippen LogP) is 1.13. The number of methoxy groups -OCH3 is 2. The lowest BCUT2D eigenvalue weighted by molar-refractivity contribution is 0.0937. The van der Waals surface area contributed by atoms with Crippen LogP contribution < -0.4 is 10.1 Å². The first kappa shape index (κ1) is 16.8. The van der Waals surface area contributed by atoms with E-state index in [1.807, 2.05) is 11.5 Å². The molecule has 0 spiro atoms. The zero-order valence-electron chi connectivity index (χ0n) is 13.3. The number of hydrogen-bond acceptors (Lipinski definition) is 6. The quantitative estimate of drug-likeness (QED) is 0.793. The van der Waals surface area contributed by atoms with E-state index in [0.717, 1.165) is 0 Å². The summed E-state index contributed by atoms with van der Waals surface area (Å²) in [6, 6.07) is 4.09. The minimum absolute atomic E-state index is 0.0172. The molecule has 1 unspecified atom stereocenters. The largest absolute Gasteiger partial charge is 0.504 e. The highest BCUT2D eigenvalue weighted by Gasteiger charge is 2.17. The minimum Gasteiger partial charge on any atom is -0.504 e. The highest BCUT2D eigenvalue weighted by Crippen LogP contribution is 2.26. The molecule has 0 saturated carbocycles. The first-order valence-electron chi connectivity index (χ1n) is 7.11. The molecule has 0 bridgehead atoms. The molecule has 0 radical (unpaired) electrons. The molecule has 1 aromatic heterocycles. The van der Waals surface area contributed by atoms with Crippen LogP contribution in [0.4, 0.5) is 0 Å². The van der Waals surface area contributed by atoms with E-state index in [1.165, 1.54) is 25.3 Å². The number of carbonyl (C=O) groups is 1. The Morgan fingerprint density at radius 1 is 1.43 bits per heavy atom. The Balaban J connectivity index is 2.09. The van der Waals surface area contributed by atoms with Gasteiger partial charge in [0.15, 0.2) is 17.3 Å². The Labute approximate surface area is 134 Å². The van der Waals surface area contributed by atoms with Gasteiger partial charge < -0.3 is 24.5 Å². The van der Waals surface area contributed by atoms with Crippen LogP contribution in [0.2, 0.25) is 0 Å². The van der Waals surface area contributed by atoms with E-state index in [1.54, 1.807) is 13.4 Å². The van der Waals surface area contributed by atoms with Gasteiger partial charge in [0.1, 0.15) is 6.33 Å². The molecular formula is C15H20N4O4. The first-order valence-corrected chi connectivity index (χ1v) is 7.11. The third-order valence-corrected chi connectivity index (χ3v) is 3.36. The monoisotopic (exact) mass is 320 g/mol. The maximum Gasteiger partial charge on any atom is 0.252 e. The van der Waals surface area contributed by atoms with Crippen molar-refractivity contribution in [3.05, 3.63) is 35.9 Å². The number of phenolic OH excluding ortho intramolecular Hbond substituents is 1. The molecule has 8 nitrogen and oxygen atoms in total. The normalized spacial score (nSPS) is 12.0. The summed E-state index contributed by atoms with van der Waals surface area (Å²) in [4.78, 5) is 12.3. The van der Waals surface area contributed by atoms with Gasteiger partial charge >= 0.3 is 0 Å². The molecule has 1 atom stereocenters. The van der Waals surface area contributed by atoms with Gasteiger partial charge in [-0.1, -0.05) is 0 Å². The molecule has 2 aromatic rings. The van der Waals surface area contributed by atoms with Gasteiger partial charge in [0, 0.05) is 19.2 Å². The molecule has 23 heavy (non-hydrogen) atoms. The number of hydrogen-bond donors (Lipinski definition) is 2. The molecule has 0 aliphatic heterocycles. The number of rotatable bonds is 7. The second kappa shape index (κ2) is 7.59. The van der Waals surface area contributed by atoms with Crippen LogP contribution in [0.3, 0.4) is 0 Å². The summed E-state index contributed by atoms with van der Waals surface area (Å²) in [6.45, 7) is 2.95. The predicted molar refractivity (Wildman–Crippen MR) is 82.4 cm³/mol. The molecular weight excluding hydrogens is 300 g/mol. The molecule has 8 heteroatoms. The third kappa shape index (κ3) is 3.98. The van der Waals surface area contributed by atoms with Gasteiger partial charge in [-0.2, -0.15) is 0 Å². The van der Waals surface area contributed by atoms with Crippen LogP contribution in [0, 0.1) is 0 Å². The average molecular weight is 320 g/mol. The van der Waals surface area contributed by atoms with Crippen LogP contribution >= 0.6 is 0 Å². The number of aromatic nitrogens is 3. The topological polar surface area (TPSA) is 98.5 Å². The maximum absolute atomic E-state index is 12.3. The fraction of sp³-hybridized carbons (Fsp3) is 0.400. The highest BCUT2D eigenvalue weighted by atomic mass is 16.5. The Morgan fingerprint density at radius 3 is 2.91 bits per heavy atom. The van der Waals surface area contributed by atoms with Crippen molar-refractivity contribution in [1.82, 2.24) is 20.1 Å². The second-order valence-electron chi connectivity index (χ2n) is 4.96. The van der Waals surface area contributed by atoms with Gasteiger partial charge in [-0.05, 0) is 25.1 Å². The SMILES string of the molecule is COCCn1cnnc1C(C)NC(=O)c1ccc(O)c(OC)c1. The van der Waals surface area contributed by atoms with E-state index in [2.05, 4.69) is 15.5 Å². The Kier molecular flexibility index (Phi) is 5.53. The van der Waals surface area contributed by atoms with Crippen molar-refractivity contribution in [2.45, 2.75) is 19.5 Å². The molecule has 0 aliphatic rings. The number of aromatic hydroxyl groups is 1. The second-order valence-corrected chi connectivity index (χ2v) is 4.96. The maximum atomic E-state index is 12.3. The van der Waals surface area contributed by atoms with Gasteiger partial charge in [-0.15, -0.1) is 10.2 Å². The number of carbonyl (C=O) groups excluding carboxylic acids is 1. The molecule has 1 amide bonds. The van der Waals surface area contributed by atoms with E-state index in [9.17, 15) is 9.90 Å². The Bertz CT molecular complexity index is 671. The van der Waals surface area contributed by atoms with Crippen LogP contribution in [0.25, 0.3) is 0 Å². The Morgan fingerprint density at radius 2 is 2.22 bits per heavy atom. The lowest BCUT2D eigenvalue weighted by Gasteiger charge is -2.15. The van der Waals surface area contributed by atoms with Gasteiger partial charge in [0.25, 0.3) is 5.91 Å². The number of nitrogens with one attached hydrogen (secondary N) is 1. The number of ether oxygens (including phenoxy) is 2. The zero-order valence-corrected chi connectivity index (χ0v) is 13.3. The van der Waals surface area contributed by atoms with Crippen molar-refractivity contribution in [3.63, 3.8) is 0 Å². The van der Waals surface area contributed by atoms with Crippen LogP contribution in [-0.4, -0.2) is 46.6 Å². The van der Waals surface area contributed by atoms with Crippen molar-refractivity contribution >= 4 is 5.91 Å². The third-order valence-electron chi connectivity index (χ3n) is 3.36. The molecule has 0 fully saturated rings. The van der Waals surface area contributed by atoms with E-state index in [4.69, 9.17) is 9.47 Å². The molecule has 2 N–H and O–H groups in total. The van der Waals surface area contributed by atoms with Gasteiger partial charge in [0.05, 0.1) is 19.8 Å². The summed E-state index contributed by atoms with van der Waals surface area (Å²) in [5.74, 6) is 0.572. The van der Waals surface area contributed by atoms with Gasteiger partial charge in [-0.3, -0.25) is 4.79 Å². The summed E-state index contributed by atoms with van der Waals surface area (Å²) in [5, 5.41) is 20.3. The van der Waals surface area contributed by atoms with Crippen molar-refractivity contribution in [1.29, 1.82) is 0 Å². The number of amides is 1. The number of phenols is 1. The summed E-state index contributed by atoms with van der Waals surface area (Å²) in [7, 11) is 3.05. The lowest BCUT2D eigenvalue weighted by Crippen LogP contribution is -2.29. The van der Waals surface area contributed by atoms with Crippen LogP contribution in [0.5, 0.6) is 11.5 Å². The van der Waals surface area contributed by atoms with Crippen LogP contribution in [-0.2, 0) is 11.3 Å². The van der Waals surface area contributed by atoms with E-state index in [0.29, 0.717) is 24.5 Å². The summed E-state index contributed by atoms with van der Waals surface area (Å²) in [5.41, 5.74) is 0.384. The smallest absolute Gasteiger partial charge is 0.252 e. The fourth-order valence-corrected chi connectivity index (χ4v) is 2.12. The van der Waals surface area contributed by atoms with Gasteiger partial charge in [0.2, 0.25) is 0 Å². The zero-order chi connectivity index (χ0) is 16.8. The van der Waals surface area contributed by atoms with Crippen LogP contribution in [0.1, 0.15) is 29.1 Å². The van der Waals surface area contributed by atoms with E-state index >= 15 is 0 Å². The molecule has 0 saturated heterocycles. The Hall–Kier alpha value is -2.61. The molecule has 1 heterocycles. The lowest BCUT2D eigenvalue weighted by atomic mass is 10.1. The number of nitrogens with zero attached hydrogens (tertiary/aromatic N) is 3. The van der Waals surface area contributed by atoms with E-state index < -0.39 is 0 Å². The summed E-state index contributed by atoms with van der Waals surface area (Å²) >= 11 is 0. The molecule has 0 aliphatic carbocycles. The summed E-state index contributed by atoms with van der Waals surface area (Å²) in [6.07, 6.45) is 1.60. The van der Waals surface area contributed by atoms with E-state index in [-0.39, 0.29) is 23.4 Å². The fourth-order valence-electron chi connectivity index (χ4n) is 2.12. The average Bonchev–Trinajstić information content (AvgIpc) is 3.01. The van der Waals surface area contributed by atoms with Crippen LogP contribution in [0.15, 0.2) is 24.5 Å². The summed E-state index contributed by atoms with van der Waals surface area (Å²) < 4.78 is 11.9. The molecule has 124 valence electrons. The number of benzene rings is 1. The standard InChI is InChI=1S/C15H20N4O4/c1-10(14-18-16-9-19(14)6-7-22-2)17-15(21)11-4-5-12(20)13(8-11)23-3/h4-5,8-10,20H,6-7H2,1-3H3,(H,17,21). The molecule has 1 aromatic carbocycles. The van der Waals surface area contributed by atoms with Crippen molar-refractivity contribution in [2.75, 3.05) is 20.8 Å². The van der Waals surface area contributed by atoms with Gasteiger partial charge in [-0.25, -0.2) is 0 Å². The molecule has 2 rings (SSSR count). The van der Waals surface area contributed by atoms with Crippen molar-refractivity contribution < 1.29 is 19.4 Å². The first-order chi connectivity index (χ1) is 11.1. The van der Waals surface area contributed by atoms with Crippen molar-refractivity contribution in [2.24, 2.45) is 0 Å². The highest BCUT2D eigenvalue weighted by molar-refractivity contribution is 5.95.